The zero-order chi connectivity index (χ0) is 23.7. The molecule has 174 valence electrons. The van der Waals surface area contributed by atoms with Crippen molar-refractivity contribution < 1.29 is 19.1 Å². The topological polar surface area (TPSA) is 89.4 Å². The van der Waals surface area contributed by atoms with E-state index in [0.29, 0.717) is 5.69 Å². The van der Waals surface area contributed by atoms with Crippen LogP contribution in [0.1, 0.15) is 58.7 Å². The summed E-state index contributed by atoms with van der Waals surface area (Å²) < 4.78 is 7.04. The Morgan fingerprint density at radius 1 is 1.12 bits per heavy atom. The third-order valence-electron chi connectivity index (χ3n) is 5.88. The van der Waals surface area contributed by atoms with Crippen molar-refractivity contribution in [3.63, 3.8) is 0 Å². The molecule has 33 heavy (non-hydrogen) atoms. The molecule has 0 aliphatic heterocycles. The number of fused-ring (bicyclic) bond motifs is 3. The molecule has 7 nitrogen and oxygen atoms in total. The first-order valence-corrected chi connectivity index (χ1v) is 12.1. The Balaban J connectivity index is 1.81. The number of hydrogen-bond donors (Lipinski definition) is 2. The summed E-state index contributed by atoms with van der Waals surface area (Å²) in [7, 11) is 0. The molecule has 0 fully saturated rings. The lowest BCUT2D eigenvalue weighted by molar-refractivity contribution is -0.116. The minimum Gasteiger partial charge on any atom is -0.461 e. The number of benzene rings is 1. The van der Waals surface area contributed by atoms with Crippen molar-refractivity contribution in [3.8, 4) is 0 Å². The van der Waals surface area contributed by atoms with Gasteiger partial charge in [-0.05, 0) is 63.6 Å². The molecule has 0 atom stereocenters. The summed E-state index contributed by atoms with van der Waals surface area (Å²) in [5, 5.41) is 6.70. The van der Waals surface area contributed by atoms with Crippen molar-refractivity contribution in [1.82, 2.24) is 4.57 Å². The summed E-state index contributed by atoms with van der Waals surface area (Å²) in [4.78, 5) is 40.3. The van der Waals surface area contributed by atoms with Crippen LogP contribution < -0.4 is 10.6 Å². The van der Waals surface area contributed by atoms with Crippen LogP contribution in [0.4, 0.5) is 11.4 Å². The standard InChI is InChI=1S/C25H29N3O4S/c1-5-32-25(31)23-22(26-16(4)29)21-17-8-6-7-9-19(17)33-24(21)28(23)13-20(30)27-18-11-10-14(2)12-15(18)3/h10-12H,5-9,13H2,1-4H3,(H,26,29)(H,27,30). The molecule has 3 aromatic rings. The fourth-order valence-corrected chi connectivity index (χ4v) is 5.90. The molecule has 2 heterocycles. The predicted molar refractivity (Wildman–Crippen MR) is 131 cm³/mol. The lowest BCUT2D eigenvalue weighted by Crippen LogP contribution is -2.23. The van der Waals surface area contributed by atoms with Gasteiger partial charge in [0, 0.05) is 22.9 Å². The number of aryl methyl sites for hydroxylation is 4. The van der Waals surface area contributed by atoms with E-state index in [1.165, 1.54) is 17.4 Å². The molecule has 0 saturated carbocycles. The first-order chi connectivity index (χ1) is 15.8. The van der Waals surface area contributed by atoms with E-state index in [4.69, 9.17) is 4.74 Å². The lowest BCUT2D eigenvalue weighted by Gasteiger charge is -2.14. The summed E-state index contributed by atoms with van der Waals surface area (Å²) in [6, 6.07) is 5.84. The highest BCUT2D eigenvalue weighted by molar-refractivity contribution is 7.19. The Labute approximate surface area is 197 Å². The number of rotatable bonds is 6. The van der Waals surface area contributed by atoms with E-state index in [0.717, 1.165) is 52.7 Å². The van der Waals surface area contributed by atoms with Crippen LogP contribution in [0.3, 0.4) is 0 Å². The summed E-state index contributed by atoms with van der Waals surface area (Å²) in [5.74, 6) is -1.06. The van der Waals surface area contributed by atoms with Crippen LogP contribution in [0.5, 0.6) is 0 Å². The van der Waals surface area contributed by atoms with E-state index in [9.17, 15) is 14.4 Å². The minimum absolute atomic E-state index is 0.0586. The third-order valence-corrected chi connectivity index (χ3v) is 7.20. The van der Waals surface area contributed by atoms with E-state index < -0.39 is 5.97 Å². The van der Waals surface area contributed by atoms with Gasteiger partial charge in [-0.3, -0.25) is 9.59 Å². The zero-order valence-corrected chi connectivity index (χ0v) is 20.3. The van der Waals surface area contributed by atoms with Gasteiger partial charge in [0.1, 0.15) is 11.4 Å². The molecule has 2 aromatic heterocycles. The van der Waals surface area contributed by atoms with Crippen LogP contribution in [0.15, 0.2) is 18.2 Å². The number of thiophene rings is 1. The van der Waals surface area contributed by atoms with Crippen molar-refractivity contribution >= 4 is 50.7 Å². The number of carbonyl (C=O) groups is 3. The first-order valence-electron chi connectivity index (χ1n) is 11.3. The van der Waals surface area contributed by atoms with Crippen LogP contribution in [0.25, 0.3) is 10.2 Å². The number of nitrogens with one attached hydrogen (secondary N) is 2. The Morgan fingerprint density at radius 2 is 1.88 bits per heavy atom. The summed E-state index contributed by atoms with van der Waals surface area (Å²) in [6.07, 6.45) is 4.04. The lowest BCUT2D eigenvalue weighted by atomic mass is 9.96. The van der Waals surface area contributed by atoms with Gasteiger partial charge in [0.15, 0.2) is 5.69 Å². The maximum Gasteiger partial charge on any atom is 0.357 e. The zero-order valence-electron chi connectivity index (χ0n) is 19.5. The second kappa shape index (κ2) is 9.39. The first kappa shape index (κ1) is 23.0. The van der Waals surface area contributed by atoms with Gasteiger partial charge in [-0.15, -0.1) is 11.3 Å². The molecule has 0 spiro atoms. The molecule has 1 aliphatic rings. The molecule has 2 amide bonds. The molecule has 1 aliphatic carbocycles. The Hall–Kier alpha value is -3.13. The fraction of sp³-hybridized carbons (Fsp3) is 0.400. The predicted octanol–water partition coefficient (Wildman–Crippen LogP) is 4.97. The number of carbonyl (C=O) groups excluding carboxylic acids is 3. The molecular formula is C25H29N3O4S. The molecule has 4 rings (SSSR count). The van der Waals surface area contributed by atoms with E-state index in [2.05, 4.69) is 10.6 Å². The molecule has 0 radical (unpaired) electrons. The fourth-order valence-electron chi connectivity index (χ4n) is 4.50. The Kier molecular flexibility index (Phi) is 6.56. The Bertz CT molecular complexity index is 1250. The number of ether oxygens (including phenoxy) is 1. The molecule has 0 saturated heterocycles. The minimum atomic E-state index is -0.548. The van der Waals surface area contributed by atoms with Gasteiger partial charge >= 0.3 is 5.97 Å². The summed E-state index contributed by atoms with van der Waals surface area (Å²) >= 11 is 1.60. The third kappa shape index (κ3) is 4.53. The molecule has 2 N–H and O–H groups in total. The molecule has 0 bridgehead atoms. The summed E-state index contributed by atoms with van der Waals surface area (Å²) in [5.41, 5.74) is 4.67. The molecular weight excluding hydrogens is 438 g/mol. The van der Waals surface area contributed by atoms with E-state index >= 15 is 0 Å². The highest BCUT2D eigenvalue weighted by Gasteiger charge is 2.31. The second-order valence-corrected chi connectivity index (χ2v) is 9.55. The average molecular weight is 468 g/mol. The van der Waals surface area contributed by atoms with E-state index in [-0.39, 0.29) is 30.7 Å². The summed E-state index contributed by atoms with van der Waals surface area (Å²) in [6.45, 7) is 7.25. The van der Waals surface area contributed by atoms with Gasteiger partial charge in [0.2, 0.25) is 11.8 Å². The van der Waals surface area contributed by atoms with Crippen molar-refractivity contribution in [2.24, 2.45) is 0 Å². The molecule has 0 unspecified atom stereocenters. The van der Waals surface area contributed by atoms with Crippen LogP contribution in [0.2, 0.25) is 0 Å². The largest absolute Gasteiger partial charge is 0.461 e. The number of anilines is 2. The van der Waals surface area contributed by atoms with Gasteiger partial charge in [-0.2, -0.15) is 0 Å². The highest BCUT2D eigenvalue weighted by Crippen LogP contribution is 2.44. The normalized spacial score (nSPS) is 13.0. The van der Waals surface area contributed by atoms with Crippen LogP contribution in [-0.2, 0) is 33.7 Å². The maximum absolute atomic E-state index is 13.1. The number of amides is 2. The number of esters is 1. The van der Waals surface area contributed by atoms with Crippen molar-refractivity contribution in [1.29, 1.82) is 0 Å². The van der Waals surface area contributed by atoms with Gasteiger partial charge in [-0.25, -0.2) is 4.79 Å². The SMILES string of the molecule is CCOC(=O)c1c(NC(C)=O)c2c3c(sc2n1CC(=O)Nc1ccc(C)cc1C)CCCC3. The van der Waals surface area contributed by atoms with Crippen LogP contribution >= 0.6 is 11.3 Å². The maximum atomic E-state index is 13.1. The smallest absolute Gasteiger partial charge is 0.357 e. The second-order valence-electron chi connectivity index (χ2n) is 8.47. The number of hydrogen-bond acceptors (Lipinski definition) is 5. The average Bonchev–Trinajstić information content (AvgIpc) is 3.26. The van der Waals surface area contributed by atoms with Crippen LogP contribution in [0, 0.1) is 13.8 Å². The van der Waals surface area contributed by atoms with Crippen molar-refractivity contribution in [3.05, 3.63) is 45.5 Å². The van der Waals surface area contributed by atoms with Gasteiger partial charge in [0.25, 0.3) is 0 Å². The Morgan fingerprint density at radius 3 is 2.58 bits per heavy atom. The highest BCUT2D eigenvalue weighted by atomic mass is 32.1. The van der Waals surface area contributed by atoms with E-state index in [1.54, 1.807) is 22.8 Å². The van der Waals surface area contributed by atoms with E-state index in [1.807, 2.05) is 32.0 Å². The number of nitrogens with zero attached hydrogens (tertiary/aromatic N) is 1. The number of aromatic nitrogens is 1. The van der Waals surface area contributed by atoms with Crippen molar-refractivity contribution in [2.75, 3.05) is 17.2 Å². The van der Waals surface area contributed by atoms with Gasteiger partial charge in [0.05, 0.1) is 12.3 Å². The van der Waals surface area contributed by atoms with Crippen LogP contribution in [-0.4, -0.2) is 29.0 Å². The van der Waals surface area contributed by atoms with Crippen molar-refractivity contribution in [2.45, 2.75) is 59.9 Å². The molecule has 1 aromatic carbocycles. The van der Waals surface area contributed by atoms with Gasteiger partial charge in [-0.1, -0.05) is 17.7 Å². The van der Waals surface area contributed by atoms with Gasteiger partial charge < -0.3 is 19.9 Å². The quantitative estimate of drug-likeness (QED) is 0.501. The molecule has 8 heteroatoms. The monoisotopic (exact) mass is 467 g/mol.